The normalized spacial score (nSPS) is 10.7. The van der Waals surface area contributed by atoms with E-state index < -0.39 is 5.97 Å². The van der Waals surface area contributed by atoms with Crippen molar-refractivity contribution in [2.45, 2.75) is 6.92 Å². The molecule has 0 fully saturated rings. The fourth-order valence-corrected chi connectivity index (χ4v) is 2.17. The molecule has 5 nitrogen and oxygen atoms in total. The molecule has 0 aliphatic heterocycles. The molecule has 1 N–H and O–H groups in total. The van der Waals surface area contributed by atoms with Crippen LogP contribution in [0.15, 0.2) is 36.4 Å². The number of nitrogens with one attached hydrogen (secondary N) is 1. The summed E-state index contributed by atoms with van der Waals surface area (Å²) >= 11 is 0. The Morgan fingerprint density at radius 3 is 2.73 bits per heavy atom. The molecule has 0 unspecified atom stereocenters. The molecule has 2 aromatic carbocycles. The van der Waals surface area contributed by atoms with Crippen molar-refractivity contribution in [3.05, 3.63) is 42.2 Å². The second-order valence-corrected chi connectivity index (χ2v) is 4.71. The van der Waals surface area contributed by atoms with Crippen LogP contribution in [0.25, 0.3) is 22.4 Å². The van der Waals surface area contributed by atoms with E-state index >= 15 is 0 Å². The van der Waals surface area contributed by atoms with Crippen molar-refractivity contribution in [1.29, 1.82) is 0 Å². The number of hydrogen-bond donors (Lipinski definition) is 1. The van der Waals surface area contributed by atoms with Crippen LogP contribution in [0.4, 0.5) is 4.39 Å². The Bertz CT molecular complexity index is 858. The lowest BCUT2D eigenvalue weighted by Gasteiger charge is -2.08. The third-order valence-electron chi connectivity index (χ3n) is 3.13. The van der Waals surface area contributed by atoms with Gasteiger partial charge in [0.05, 0.1) is 18.1 Å². The molecule has 3 aromatic rings. The van der Waals surface area contributed by atoms with Crippen molar-refractivity contribution in [2.75, 3.05) is 7.11 Å². The van der Waals surface area contributed by atoms with E-state index in [1.54, 1.807) is 24.3 Å². The molecule has 22 heavy (non-hydrogen) atoms. The van der Waals surface area contributed by atoms with Gasteiger partial charge in [-0.1, -0.05) is 0 Å². The van der Waals surface area contributed by atoms with E-state index in [1.807, 2.05) is 0 Å². The van der Waals surface area contributed by atoms with Crippen LogP contribution in [-0.2, 0) is 4.79 Å². The third-order valence-corrected chi connectivity index (χ3v) is 3.13. The van der Waals surface area contributed by atoms with E-state index in [4.69, 9.17) is 9.47 Å². The summed E-state index contributed by atoms with van der Waals surface area (Å²) in [5.74, 6) is 0.573. The van der Waals surface area contributed by atoms with Gasteiger partial charge in [0.15, 0.2) is 11.5 Å². The predicted molar refractivity (Wildman–Crippen MR) is 79.3 cm³/mol. The van der Waals surface area contributed by atoms with Gasteiger partial charge in [-0.05, 0) is 36.4 Å². The minimum Gasteiger partial charge on any atom is -0.493 e. The van der Waals surface area contributed by atoms with Crippen LogP contribution in [0.1, 0.15) is 6.92 Å². The minimum atomic E-state index is -0.426. The number of aromatic amines is 1. The van der Waals surface area contributed by atoms with Crippen LogP contribution >= 0.6 is 0 Å². The number of rotatable bonds is 3. The Kier molecular flexibility index (Phi) is 3.50. The van der Waals surface area contributed by atoms with Gasteiger partial charge in [0.1, 0.15) is 11.6 Å². The van der Waals surface area contributed by atoms with Gasteiger partial charge >= 0.3 is 5.97 Å². The van der Waals surface area contributed by atoms with E-state index in [9.17, 15) is 9.18 Å². The van der Waals surface area contributed by atoms with Crippen molar-refractivity contribution in [3.8, 4) is 22.9 Å². The monoisotopic (exact) mass is 300 g/mol. The first-order chi connectivity index (χ1) is 10.6. The average Bonchev–Trinajstić information content (AvgIpc) is 2.90. The topological polar surface area (TPSA) is 64.2 Å². The van der Waals surface area contributed by atoms with Gasteiger partial charge in [-0.3, -0.25) is 4.79 Å². The maximum atomic E-state index is 13.2. The van der Waals surface area contributed by atoms with Crippen LogP contribution in [-0.4, -0.2) is 23.0 Å². The fraction of sp³-hybridized carbons (Fsp3) is 0.125. The van der Waals surface area contributed by atoms with Crippen LogP contribution in [0.2, 0.25) is 0 Å². The number of carbonyl (C=O) groups excluding carboxylic acids is 1. The van der Waals surface area contributed by atoms with E-state index in [-0.39, 0.29) is 5.82 Å². The predicted octanol–water partition coefficient (Wildman–Crippen LogP) is 3.30. The zero-order valence-corrected chi connectivity index (χ0v) is 12.0. The molecule has 6 heteroatoms. The van der Waals surface area contributed by atoms with Gasteiger partial charge in [-0.2, -0.15) is 0 Å². The standard InChI is InChI=1S/C16H13FN2O3/c1-9(20)22-14-6-3-10(7-15(14)21-2)16-18-12-5-4-11(17)8-13(12)19-16/h3-8H,1-2H3,(H,18,19). The molecule has 0 radical (unpaired) electrons. The van der Waals surface area contributed by atoms with Gasteiger partial charge < -0.3 is 14.5 Å². The van der Waals surface area contributed by atoms with Crippen molar-refractivity contribution in [3.63, 3.8) is 0 Å². The third kappa shape index (κ3) is 2.63. The average molecular weight is 300 g/mol. The molecule has 0 amide bonds. The summed E-state index contributed by atoms with van der Waals surface area (Å²) < 4.78 is 23.5. The minimum absolute atomic E-state index is 0.328. The highest BCUT2D eigenvalue weighted by atomic mass is 19.1. The molecule has 1 heterocycles. The maximum absolute atomic E-state index is 13.2. The Morgan fingerprint density at radius 1 is 1.18 bits per heavy atom. The Balaban J connectivity index is 2.04. The molecular formula is C16H13FN2O3. The SMILES string of the molecule is COc1cc(-c2nc3ccc(F)cc3[nH]2)ccc1OC(C)=O. The number of fused-ring (bicyclic) bond motifs is 1. The second kappa shape index (κ2) is 5.48. The van der Waals surface area contributed by atoms with E-state index in [2.05, 4.69) is 9.97 Å². The highest BCUT2D eigenvalue weighted by Crippen LogP contribution is 2.32. The van der Waals surface area contributed by atoms with Gasteiger partial charge in [-0.15, -0.1) is 0 Å². The van der Waals surface area contributed by atoms with Crippen molar-refractivity contribution in [2.24, 2.45) is 0 Å². The Labute approximate surface area is 125 Å². The highest BCUT2D eigenvalue weighted by Gasteiger charge is 2.12. The van der Waals surface area contributed by atoms with Gasteiger partial charge in [0.2, 0.25) is 0 Å². The smallest absolute Gasteiger partial charge is 0.308 e. The second-order valence-electron chi connectivity index (χ2n) is 4.71. The number of ether oxygens (including phenoxy) is 2. The number of esters is 1. The summed E-state index contributed by atoms with van der Waals surface area (Å²) in [7, 11) is 1.49. The molecule has 0 saturated heterocycles. The van der Waals surface area contributed by atoms with E-state index in [0.29, 0.717) is 28.4 Å². The number of carbonyl (C=O) groups is 1. The first-order valence-corrected chi connectivity index (χ1v) is 6.59. The number of H-pyrrole nitrogens is 1. The number of nitrogens with zero attached hydrogens (tertiary/aromatic N) is 1. The number of aromatic nitrogens is 2. The number of benzene rings is 2. The molecular weight excluding hydrogens is 287 g/mol. The van der Waals surface area contributed by atoms with Crippen LogP contribution in [0.5, 0.6) is 11.5 Å². The van der Waals surface area contributed by atoms with Crippen LogP contribution in [0.3, 0.4) is 0 Å². The van der Waals surface area contributed by atoms with Crippen molar-refractivity contribution < 1.29 is 18.7 Å². The molecule has 0 aliphatic carbocycles. The first kappa shape index (κ1) is 14.1. The molecule has 0 aliphatic rings. The summed E-state index contributed by atoms with van der Waals surface area (Å²) in [6.45, 7) is 1.32. The summed E-state index contributed by atoms with van der Waals surface area (Å²) in [5.41, 5.74) is 2.02. The summed E-state index contributed by atoms with van der Waals surface area (Å²) in [4.78, 5) is 18.5. The number of hydrogen-bond acceptors (Lipinski definition) is 4. The van der Waals surface area contributed by atoms with E-state index in [1.165, 1.54) is 26.2 Å². The van der Waals surface area contributed by atoms with Gasteiger partial charge in [-0.25, -0.2) is 9.37 Å². The molecule has 0 bridgehead atoms. The Hall–Kier alpha value is -2.89. The van der Waals surface area contributed by atoms with Crippen molar-refractivity contribution in [1.82, 2.24) is 9.97 Å². The highest BCUT2D eigenvalue weighted by molar-refractivity contribution is 5.80. The molecule has 0 atom stereocenters. The van der Waals surface area contributed by atoms with Crippen molar-refractivity contribution >= 4 is 17.0 Å². The largest absolute Gasteiger partial charge is 0.493 e. The zero-order chi connectivity index (χ0) is 15.7. The summed E-state index contributed by atoms with van der Waals surface area (Å²) in [6, 6.07) is 9.42. The lowest BCUT2D eigenvalue weighted by Crippen LogP contribution is -2.03. The lowest BCUT2D eigenvalue weighted by atomic mass is 10.2. The van der Waals surface area contributed by atoms with Gasteiger partial charge in [0, 0.05) is 12.5 Å². The lowest BCUT2D eigenvalue weighted by molar-refractivity contribution is -0.132. The molecule has 3 rings (SSSR count). The number of imidazole rings is 1. The zero-order valence-electron chi connectivity index (χ0n) is 12.0. The molecule has 0 saturated carbocycles. The van der Waals surface area contributed by atoms with E-state index in [0.717, 1.165) is 5.56 Å². The van der Waals surface area contributed by atoms with Crippen LogP contribution in [0, 0.1) is 5.82 Å². The quantitative estimate of drug-likeness (QED) is 0.595. The maximum Gasteiger partial charge on any atom is 0.308 e. The molecule has 1 aromatic heterocycles. The fourth-order valence-electron chi connectivity index (χ4n) is 2.17. The summed E-state index contributed by atoms with van der Waals surface area (Å²) in [6.07, 6.45) is 0. The number of halogens is 1. The molecule has 0 spiro atoms. The molecule has 112 valence electrons. The summed E-state index contributed by atoms with van der Waals surface area (Å²) in [5, 5.41) is 0. The van der Waals surface area contributed by atoms with Gasteiger partial charge in [0.25, 0.3) is 0 Å². The Morgan fingerprint density at radius 2 is 2.00 bits per heavy atom. The first-order valence-electron chi connectivity index (χ1n) is 6.59. The van der Waals surface area contributed by atoms with Crippen LogP contribution < -0.4 is 9.47 Å². The number of methoxy groups -OCH3 is 1.